The van der Waals surface area contributed by atoms with Crippen LogP contribution in [0.1, 0.15) is 5.69 Å². The van der Waals surface area contributed by atoms with Crippen LogP contribution in [0.4, 0.5) is 0 Å². The van der Waals surface area contributed by atoms with E-state index in [9.17, 15) is 0 Å². The number of pyridine rings is 1. The van der Waals surface area contributed by atoms with Gasteiger partial charge in [0.1, 0.15) is 11.3 Å². The summed E-state index contributed by atoms with van der Waals surface area (Å²) in [5, 5.41) is 4.75. The van der Waals surface area contributed by atoms with E-state index in [4.69, 9.17) is 4.42 Å². The Morgan fingerprint density at radius 2 is 1.71 bits per heavy atom. The van der Waals surface area contributed by atoms with E-state index < -0.39 is 0 Å². The minimum atomic E-state index is 0.921. The van der Waals surface area contributed by atoms with Gasteiger partial charge in [-0.3, -0.25) is 0 Å². The quantitative estimate of drug-likeness (QED) is 0.412. The fraction of sp³-hybridized carbons (Fsp3) is 0.0952. The summed E-state index contributed by atoms with van der Waals surface area (Å²) < 4.78 is 10.6. The van der Waals surface area contributed by atoms with E-state index in [0.717, 1.165) is 27.8 Å². The highest BCUT2D eigenvalue weighted by Crippen LogP contribution is 2.34. The fourth-order valence-electron chi connectivity index (χ4n) is 3.53. The van der Waals surface area contributed by atoms with Crippen LogP contribution in [0, 0.1) is 6.92 Å². The van der Waals surface area contributed by atoms with Gasteiger partial charge in [-0.05, 0) is 48.0 Å². The maximum absolute atomic E-state index is 6.31. The Balaban J connectivity index is 1.95. The lowest BCUT2D eigenvalue weighted by molar-refractivity contribution is -0.664. The molecule has 0 bridgehead atoms. The van der Waals surface area contributed by atoms with Gasteiger partial charge in [-0.25, -0.2) is 9.13 Å². The van der Waals surface area contributed by atoms with Gasteiger partial charge >= 0.3 is 5.82 Å². The van der Waals surface area contributed by atoms with Crippen molar-refractivity contribution in [2.24, 2.45) is 7.05 Å². The Labute approximate surface area is 139 Å². The van der Waals surface area contributed by atoms with Gasteiger partial charge in [0.15, 0.2) is 0 Å². The third kappa shape index (κ3) is 1.75. The normalized spacial score (nSPS) is 11.8. The molecule has 0 saturated carbocycles. The molecule has 0 aliphatic carbocycles. The summed E-state index contributed by atoms with van der Waals surface area (Å²) in [4.78, 5) is 0. The second-order valence-corrected chi connectivity index (χ2v) is 6.31. The maximum atomic E-state index is 6.31. The zero-order valence-corrected chi connectivity index (χ0v) is 13.7. The van der Waals surface area contributed by atoms with Crippen molar-refractivity contribution < 1.29 is 8.98 Å². The van der Waals surface area contributed by atoms with Crippen LogP contribution in [0.15, 0.2) is 71.4 Å². The van der Waals surface area contributed by atoms with Crippen molar-refractivity contribution in [3.8, 4) is 5.82 Å². The van der Waals surface area contributed by atoms with Gasteiger partial charge in [-0.2, -0.15) is 0 Å². The minimum absolute atomic E-state index is 0.921. The summed E-state index contributed by atoms with van der Waals surface area (Å²) >= 11 is 0. The standard InChI is InChI=1S/C21H17N2O/c1-14-6-5-10-23(14)21-20-17(9-11-22(21)2)18-12-15-7-3-4-8-16(15)13-19(18)24-20/h3-13H,1-2H3/q+1. The van der Waals surface area contributed by atoms with Gasteiger partial charge in [0, 0.05) is 10.8 Å². The smallest absolute Gasteiger partial charge is 0.330 e. The highest BCUT2D eigenvalue weighted by atomic mass is 16.3. The number of furan rings is 1. The predicted octanol–water partition coefficient (Wildman–Crippen LogP) is 4.66. The molecule has 0 aliphatic heterocycles. The first-order chi connectivity index (χ1) is 11.7. The Hall–Kier alpha value is -3.07. The van der Waals surface area contributed by atoms with Crippen molar-refractivity contribution in [3.05, 3.63) is 72.7 Å². The highest BCUT2D eigenvalue weighted by molar-refractivity contribution is 6.11. The fourth-order valence-corrected chi connectivity index (χ4v) is 3.53. The van der Waals surface area contributed by atoms with Crippen molar-refractivity contribution in [1.29, 1.82) is 0 Å². The Kier molecular flexibility index (Phi) is 2.63. The third-order valence-corrected chi connectivity index (χ3v) is 4.78. The molecule has 3 nitrogen and oxygen atoms in total. The minimum Gasteiger partial charge on any atom is -0.447 e. The summed E-state index contributed by atoms with van der Waals surface area (Å²) in [5.74, 6) is 1.05. The largest absolute Gasteiger partial charge is 0.447 e. The van der Waals surface area contributed by atoms with E-state index >= 15 is 0 Å². The topological polar surface area (TPSA) is 21.9 Å². The van der Waals surface area contributed by atoms with E-state index in [1.807, 2.05) is 0 Å². The molecule has 24 heavy (non-hydrogen) atoms. The number of benzene rings is 2. The molecule has 0 fully saturated rings. The molecular formula is C21H17N2O+. The number of hydrogen-bond donors (Lipinski definition) is 0. The molecule has 3 aromatic heterocycles. The van der Waals surface area contributed by atoms with Crippen LogP contribution in [0.25, 0.3) is 38.5 Å². The summed E-state index contributed by atoms with van der Waals surface area (Å²) in [6, 6.07) is 19.1. The van der Waals surface area contributed by atoms with Crippen molar-refractivity contribution >= 4 is 32.7 Å². The first-order valence-electron chi connectivity index (χ1n) is 8.10. The molecule has 116 valence electrons. The van der Waals surface area contributed by atoms with Crippen molar-refractivity contribution in [1.82, 2.24) is 4.57 Å². The molecule has 0 radical (unpaired) electrons. The second-order valence-electron chi connectivity index (χ2n) is 6.31. The van der Waals surface area contributed by atoms with Crippen molar-refractivity contribution in [3.63, 3.8) is 0 Å². The molecule has 0 spiro atoms. The van der Waals surface area contributed by atoms with Gasteiger partial charge < -0.3 is 4.42 Å². The number of fused-ring (bicyclic) bond motifs is 4. The van der Waals surface area contributed by atoms with Crippen molar-refractivity contribution in [2.75, 3.05) is 0 Å². The van der Waals surface area contributed by atoms with Gasteiger partial charge in [0.05, 0.1) is 19.4 Å². The van der Waals surface area contributed by atoms with Crippen molar-refractivity contribution in [2.45, 2.75) is 6.92 Å². The molecule has 0 N–H and O–H groups in total. The van der Waals surface area contributed by atoms with E-state index in [2.05, 4.69) is 90.1 Å². The van der Waals surface area contributed by atoms with Crippen LogP contribution in [0.5, 0.6) is 0 Å². The molecule has 0 amide bonds. The van der Waals surface area contributed by atoms with E-state index in [-0.39, 0.29) is 0 Å². The number of rotatable bonds is 1. The Morgan fingerprint density at radius 1 is 0.917 bits per heavy atom. The van der Waals surface area contributed by atoms with Crippen LogP contribution >= 0.6 is 0 Å². The molecule has 5 aromatic rings. The summed E-state index contributed by atoms with van der Waals surface area (Å²) in [6.07, 6.45) is 4.18. The van der Waals surface area contributed by atoms with E-state index in [0.29, 0.717) is 0 Å². The van der Waals surface area contributed by atoms with Crippen LogP contribution in [-0.2, 0) is 7.05 Å². The molecule has 3 heterocycles. The summed E-state index contributed by atoms with van der Waals surface area (Å²) in [6.45, 7) is 2.11. The Bertz CT molecular complexity index is 1230. The van der Waals surface area contributed by atoms with Crippen LogP contribution in [0.2, 0.25) is 0 Å². The lowest BCUT2D eigenvalue weighted by atomic mass is 10.1. The number of aryl methyl sites for hydroxylation is 2. The summed E-state index contributed by atoms with van der Waals surface area (Å²) in [5.41, 5.74) is 3.04. The first kappa shape index (κ1) is 13.4. The number of hydrogen-bond acceptors (Lipinski definition) is 1. The lowest BCUT2D eigenvalue weighted by Crippen LogP contribution is -2.33. The third-order valence-electron chi connectivity index (χ3n) is 4.78. The van der Waals surface area contributed by atoms with E-state index in [1.54, 1.807) is 0 Å². The zero-order valence-electron chi connectivity index (χ0n) is 13.7. The summed E-state index contributed by atoms with van der Waals surface area (Å²) in [7, 11) is 2.05. The van der Waals surface area contributed by atoms with Gasteiger partial charge in [-0.1, -0.05) is 24.3 Å². The monoisotopic (exact) mass is 313 g/mol. The molecule has 3 heteroatoms. The highest BCUT2D eigenvalue weighted by Gasteiger charge is 2.21. The predicted molar refractivity (Wildman–Crippen MR) is 96.5 cm³/mol. The number of aromatic nitrogens is 2. The van der Waals surface area contributed by atoms with Crippen LogP contribution in [0.3, 0.4) is 0 Å². The lowest BCUT2D eigenvalue weighted by Gasteiger charge is -2.03. The van der Waals surface area contributed by atoms with Gasteiger partial charge in [-0.15, -0.1) is 0 Å². The molecule has 0 aliphatic rings. The molecule has 0 unspecified atom stereocenters. The van der Waals surface area contributed by atoms with E-state index in [1.165, 1.54) is 16.5 Å². The molecule has 5 rings (SSSR count). The average Bonchev–Trinajstić information content (AvgIpc) is 3.16. The SMILES string of the molecule is Cc1cccn1-c1c2oc3cc4ccccc4cc3c2cc[n+]1C. The van der Waals surface area contributed by atoms with Gasteiger partial charge in [0.2, 0.25) is 5.58 Å². The first-order valence-corrected chi connectivity index (χ1v) is 8.10. The van der Waals surface area contributed by atoms with Crippen LogP contribution < -0.4 is 4.57 Å². The van der Waals surface area contributed by atoms with Gasteiger partial charge in [0.25, 0.3) is 0 Å². The second kappa shape index (κ2) is 4.71. The molecular weight excluding hydrogens is 296 g/mol. The average molecular weight is 313 g/mol. The molecule has 2 aromatic carbocycles. The molecule has 0 atom stereocenters. The number of nitrogens with zero attached hydrogens (tertiary/aromatic N) is 2. The Morgan fingerprint density at radius 3 is 2.46 bits per heavy atom. The zero-order chi connectivity index (χ0) is 16.3. The van der Waals surface area contributed by atoms with Crippen LogP contribution in [-0.4, -0.2) is 4.57 Å². The molecule has 0 saturated heterocycles. The maximum Gasteiger partial charge on any atom is 0.330 e.